The van der Waals surface area contributed by atoms with Crippen LogP contribution in [-0.2, 0) is 13.5 Å². The molecule has 0 fully saturated rings. The zero-order valence-corrected chi connectivity index (χ0v) is 11.2. The average molecular weight is 317 g/mol. The number of rotatable bonds is 3. The van der Waals surface area contributed by atoms with Crippen LogP contribution in [0.5, 0.6) is 0 Å². The molecule has 1 aromatic heterocycles. The molecule has 96 valence electrons. The Labute approximate surface area is 111 Å². The molecule has 2 rings (SSSR count). The van der Waals surface area contributed by atoms with Crippen molar-refractivity contribution in [2.24, 2.45) is 7.05 Å². The minimum atomic E-state index is -1.26. The largest absolute Gasteiger partial charge is 0.388 e. The van der Waals surface area contributed by atoms with Crippen molar-refractivity contribution in [3.05, 3.63) is 51.8 Å². The van der Waals surface area contributed by atoms with E-state index < -0.39 is 17.7 Å². The van der Waals surface area contributed by atoms with Gasteiger partial charge in [0, 0.05) is 24.1 Å². The number of nitrogens with zero attached hydrogens (tertiary/aromatic N) is 2. The predicted molar refractivity (Wildman–Crippen MR) is 65.9 cm³/mol. The Kier molecular flexibility index (Phi) is 3.77. The van der Waals surface area contributed by atoms with Gasteiger partial charge in [0.15, 0.2) is 0 Å². The monoisotopic (exact) mass is 316 g/mol. The summed E-state index contributed by atoms with van der Waals surface area (Å²) in [6.07, 6.45) is 0.514. The van der Waals surface area contributed by atoms with Crippen molar-refractivity contribution in [2.75, 3.05) is 0 Å². The molecule has 1 aromatic carbocycles. The molecule has 0 aliphatic heterocycles. The van der Waals surface area contributed by atoms with Gasteiger partial charge in [-0.2, -0.15) is 5.10 Å². The van der Waals surface area contributed by atoms with Crippen LogP contribution in [0.4, 0.5) is 8.78 Å². The molecule has 0 saturated heterocycles. The third-order valence-electron chi connectivity index (χ3n) is 2.55. The van der Waals surface area contributed by atoms with Gasteiger partial charge in [-0.3, -0.25) is 4.68 Å². The van der Waals surface area contributed by atoms with Gasteiger partial charge in [0.2, 0.25) is 0 Å². The molecule has 18 heavy (non-hydrogen) atoms. The van der Waals surface area contributed by atoms with Crippen molar-refractivity contribution in [1.29, 1.82) is 0 Å². The summed E-state index contributed by atoms with van der Waals surface area (Å²) >= 11 is 2.99. The molecule has 0 spiro atoms. The smallest absolute Gasteiger partial charge is 0.133 e. The summed E-state index contributed by atoms with van der Waals surface area (Å²) < 4.78 is 29.1. The highest BCUT2D eigenvalue weighted by atomic mass is 79.9. The van der Waals surface area contributed by atoms with Crippen LogP contribution in [-0.4, -0.2) is 14.9 Å². The first-order chi connectivity index (χ1) is 8.47. The van der Waals surface area contributed by atoms with E-state index in [2.05, 4.69) is 21.0 Å². The number of aromatic nitrogens is 2. The average Bonchev–Trinajstić information content (AvgIpc) is 2.62. The lowest BCUT2D eigenvalue weighted by molar-refractivity contribution is 0.167. The lowest BCUT2D eigenvalue weighted by Gasteiger charge is -2.12. The van der Waals surface area contributed by atoms with Gasteiger partial charge in [0.05, 0.1) is 17.4 Å². The second kappa shape index (κ2) is 5.16. The van der Waals surface area contributed by atoms with Crippen molar-refractivity contribution < 1.29 is 13.9 Å². The van der Waals surface area contributed by atoms with Crippen LogP contribution in [0.1, 0.15) is 17.4 Å². The second-order valence-electron chi connectivity index (χ2n) is 3.98. The van der Waals surface area contributed by atoms with E-state index in [0.29, 0.717) is 10.2 Å². The molecule has 1 heterocycles. The van der Waals surface area contributed by atoms with Crippen LogP contribution in [0.15, 0.2) is 28.9 Å². The van der Waals surface area contributed by atoms with Crippen LogP contribution >= 0.6 is 15.9 Å². The predicted octanol–water partition coefficient (Wildman–Crippen LogP) is 2.74. The van der Waals surface area contributed by atoms with Gasteiger partial charge < -0.3 is 5.11 Å². The van der Waals surface area contributed by atoms with Crippen LogP contribution in [0, 0.1) is 11.6 Å². The van der Waals surface area contributed by atoms with Gasteiger partial charge in [0.1, 0.15) is 11.6 Å². The van der Waals surface area contributed by atoms with E-state index in [1.165, 1.54) is 0 Å². The molecule has 6 heteroatoms. The highest BCUT2D eigenvalue weighted by Crippen LogP contribution is 2.26. The van der Waals surface area contributed by atoms with Gasteiger partial charge in [-0.15, -0.1) is 0 Å². The summed E-state index contributed by atoms with van der Waals surface area (Å²) in [6.45, 7) is 0. The number of aliphatic hydroxyl groups excluding tert-OH is 1. The molecule has 0 aliphatic carbocycles. The molecule has 0 saturated carbocycles. The van der Waals surface area contributed by atoms with Crippen LogP contribution < -0.4 is 0 Å². The molecule has 0 aliphatic rings. The van der Waals surface area contributed by atoms with Crippen LogP contribution in [0.2, 0.25) is 0 Å². The Morgan fingerprint density at radius 2 is 2.00 bits per heavy atom. The summed E-state index contributed by atoms with van der Waals surface area (Å²) in [5.41, 5.74) is 0.246. The van der Waals surface area contributed by atoms with Crippen molar-refractivity contribution in [3.63, 3.8) is 0 Å². The SMILES string of the molecule is Cn1ccc(CC(O)c2c(F)cc(Br)cc2F)n1. The van der Waals surface area contributed by atoms with E-state index in [1.807, 2.05) is 0 Å². The Morgan fingerprint density at radius 1 is 1.39 bits per heavy atom. The minimum Gasteiger partial charge on any atom is -0.388 e. The number of benzene rings is 1. The van der Waals surface area contributed by atoms with Gasteiger partial charge in [-0.1, -0.05) is 15.9 Å². The quantitative estimate of drug-likeness (QED) is 0.945. The van der Waals surface area contributed by atoms with Crippen molar-refractivity contribution in [3.8, 4) is 0 Å². The first-order valence-corrected chi connectivity index (χ1v) is 6.07. The number of halogens is 3. The molecule has 1 unspecified atom stereocenters. The fourth-order valence-electron chi connectivity index (χ4n) is 1.74. The van der Waals surface area contributed by atoms with Crippen LogP contribution in [0.25, 0.3) is 0 Å². The van der Waals surface area contributed by atoms with E-state index in [1.54, 1.807) is 24.0 Å². The zero-order chi connectivity index (χ0) is 13.3. The molecular weight excluding hydrogens is 306 g/mol. The Balaban J connectivity index is 2.26. The summed E-state index contributed by atoms with van der Waals surface area (Å²) in [6, 6.07) is 3.94. The first-order valence-electron chi connectivity index (χ1n) is 5.28. The van der Waals surface area contributed by atoms with Gasteiger partial charge in [0.25, 0.3) is 0 Å². The summed E-state index contributed by atoms with van der Waals surface area (Å²) in [5.74, 6) is -1.55. The van der Waals surface area contributed by atoms with Crippen LogP contribution in [0.3, 0.4) is 0 Å². The lowest BCUT2D eigenvalue weighted by Crippen LogP contribution is -2.08. The van der Waals surface area contributed by atoms with Crippen molar-refractivity contribution >= 4 is 15.9 Å². The second-order valence-corrected chi connectivity index (χ2v) is 4.90. The number of aryl methyl sites for hydroxylation is 1. The summed E-state index contributed by atoms with van der Waals surface area (Å²) in [7, 11) is 1.73. The fraction of sp³-hybridized carbons (Fsp3) is 0.250. The molecule has 0 bridgehead atoms. The highest BCUT2D eigenvalue weighted by Gasteiger charge is 2.20. The van der Waals surface area contributed by atoms with E-state index >= 15 is 0 Å². The maximum absolute atomic E-state index is 13.6. The van der Waals surface area contributed by atoms with E-state index in [-0.39, 0.29) is 12.0 Å². The number of hydrogen-bond acceptors (Lipinski definition) is 2. The molecule has 1 N–H and O–H groups in total. The topological polar surface area (TPSA) is 38.0 Å². The molecule has 1 atom stereocenters. The first kappa shape index (κ1) is 13.2. The van der Waals surface area contributed by atoms with Crippen molar-refractivity contribution in [2.45, 2.75) is 12.5 Å². The standard InChI is InChI=1S/C12H11BrF2N2O/c1-17-3-2-8(16-17)6-11(18)12-9(14)4-7(13)5-10(12)15/h2-5,11,18H,6H2,1H3. The van der Waals surface area contributed by atoms with E-state index in [9.17, 15) is 13.9 Å². The summed E-state index contributed by atoms with van der Waals surface area (Å²) in [4.78, 5) is 0. The van der Waals surface area contributed by atoms with Gasteiger partial charge in [-0.05, 0) is 18.2 Å². The van der Waals surface area contributed by atoms with Crippen molar-refractivity contribution in [1.82, 2.24) is 9.78 Å². The Hall–Kier alpha value is -1.27. The number of aliphatic hydroxyl groups is 1. The van der Waals surface area contributed by atoms with Gasteiger partial charge >= 0.3 is 0 Å². The normalized spacial score (nSPS) is 12.7. The molecular formula is C12H11BrF2N2O. The maximum Gasteiger partial charge on any atom is 0.133 e. The molecule has 3 nitrogen and oxygen atoms in total. The Bertz CT molecular complexity index is 548. The van der Waals surface area contributed by atoms with Gasteiger partial charge in [-0.25, -0.2) is 8.78 Å². The molecule has 2 aromatic rings. The van der Waals surface area contributed by atoms with E-state index in [0.717, 1.165) is 12.1 Å². The fourth-order valence-corrected chi connectivity index (χ4v) is 2.15. The third-order valence-corrected chi connectivity index (χ3v) is 3.01. The maximum atomic E-state index is 13.6. The minimum absolute atomic E-state index is 0.0658. The molecule has 0 radical (unpaired) electrons. The molecule has 0 amide bonds. The number of hydrogen-bond donors (Lipinski definition) is 1. The lowest BCUT2D eigenvalue weighted by atomic mass is 10.0. The zero-order valence-electron chi connectivity index (χ0n) is 9.57. The summed E-state index contributed by atoms with van der Waals surface area (Å²) in [5, 5.41) is 13.9. The highest BCUT2D eigenvalue weighted by molar-refractivity contribution is 9.10. The Morgan fingerprint density at radius 3 is 2.50 bits per heavy atom. The third kappa shape index (κ3) is 2.76. The van der Waals surface area contributed by atoms with E-state index in [4.69, 9.17) is 0 Å².